The van der Waals surface area contributed by atoms with E-state index in [0.717, 1.165) is 18.7 Å². The van der Waals surface area contributed by atoms with Gasteiger partial charge >= 0.3 is 6.18 Å². The second-order valence-electron chi connectivity index (χ2n) is 7.40. The van der Waals surface area contributed by atoms with Gasteiger partial charge < -0.3 is 5.32 Å². The zero-order chi connectivity index (χ0) is 25.3. The molecule has 1 N–H and O–H groups in total. The number of aromatic nitrogens is 3. The van der Waals surface area contributed by atoms with Gasteiger partial charge in [0.2, 0.25) is 16.0 Å². The SMILES string of the molecule is CS(=O)(=O)OCc1nc(C(F)(F)F)c(-c2nc(NC3CCN(S(C)(=O)=O)CC3)ncc2C#N)s1. The van der Waals surface area contributed by atoms with Crippen molar-refractivity contribution in [1.82, 2.24) is 19.3 Å². The Labute approximate surface area is 197 Å². The van der Waals surface area contributed by atoms with Crippen molar-refractivity contribution in [2.24, 2.45) is 0 Å². The molecule has 1 aliphatic rings. The second-order valence-corrected chi connectivity index (χ2v) is 12.1. The number of nitrogens with one attached hydrogen (secondary N) is 1. The summed E-state index contributed by atoms with van der Waals surface area (Å²) < 4.78 is 92.5. The summed E-state index contributed by atoms with van der Waals surface area (Å²) in [6.45, 7) is -0.184. The van der Waals surface area contributed by atoms with Crippen LogP contribution in [0.2, 0.25) is 0 Å². The molecule has 34 heavy (non-hydrogen) atoms. The zero-order valence-corrected chi connectivity index (χ0v) is 20.3. The number of nitriles is 1. The topological polar surface area (TPSA) is 155 Å². The predicted octanol–water partition coefficient (Wildman–Crippen LogP) is 1.80. The van der Waals surface area contributed by atoms with Crippen LogP contribution in [0.25, 0.3) is 10.6 Å². The summed E-state index contributed by atoms with van der Waals surface area (Å²) in [5.41, 5.74) is -1.88. The highest BCUT2D eigenvalue weighted by Crippen LogP contribution is 2.41. The summed E-state index contributed by atoms with van der Waals surface area (Å²) in [5, 5.41) is 12.1. The van der Waals surface area contributed by atoms with Crippen molar-refractivity contribution in [1.29, 1.82) is 5.26 Å². The number of hydrogen-bond acceptors (Lipinski definition) is 11. The molecule has 1 aliphatic heterocycles. The molecule has 0 spiro atoms. The van der Waals surface area contributed by atoms with E-state index in [1.807, 2.05) is 0 Å². The van der Waals surface area contributed by atoms with Crippen LogP contribution in [-0.2, 0) is 37.1 Å². The molecule has 0 radical (unpaired) electrons. The fraction of sp³-hybridized carbons (Fsp3) is 0.529. The molecule has 0 unspecified atom stereocenters. The standard InChI is InChI=1S/C17H19F3N6O5S3/c1-33(27,28)26-5-3-11(4-6-26)23-16-22-8-10(7-21)13(25-16)14-15(17(18,19)20)24-12(32-14)9-31-34(2,29)30/h8,11H,3-6,9H2,1-2H3,(H,22,23,25). The lowest BCUT2D eigenvalue weighted by Gasteiger charge is -2.30. The lowest BCUT2D eigenvalue weighted by molar-refractivity contribution is -0.140. The van der Waals surface area contributed by atoms with Crippen LogP contribution < -0.4 is 5.32 Å². The maximum atomic E-state index is 13.7. The summed E-state index contributed by atoms with van der Waals surface area (Å²) in [7, 11) is -7.25. The van der Waals surface area contributed by atoms with Crippen LogP contribution in [0.4, 0.5) is 19.1 Å². The summed E-state index contributed by atoms with van der Waals surface area (Å²) in [5.74, 6) is -0.0396. The molecule has 2 aromatic heterocycles. The van der Waals surface area contributed by atoms with Gasteiger partial charge in [0.15, 0.2) is 5.69 Å². The van der Waals surface area contributed by atoms with Gasteiger partial charge in [-0.2, -0.15) is 26.9 Å². The third-order valence-corrected chi connectivity index (χ3v) is 7.60. The first-order valence-electron chi connectivity index (χ1n) is 9.58. The van der Waals surface area contributed by atoms with Crippen LogP contribution in [-0.4, -0.2) is 67.7 Å². The van der Waals surface area contributed by atoms with Crippen LogP contribution >= 0.6 is 11.3 Å². The Bertz CT molecular complexity index is 1310. The van der Waals surface area contributed by atoms with Crippen molar-refractivity contribution in [3.8, 4) is 16.6 Å². The molecule has 3 rings (SSSR count). The Morgan fingerprint density at radius 1 is 1.24 bits per heavy atom. The van der Waals surface area contributed by atoms with E-state index < -0.39 is 43.5 Å². The van der Waals surface area contributed by atoms with Gasteiger partial charge in [-0.1, -0.05) is 0 Å². The van der Waals surface area contributed by atoms with Gasteiger partial charge in [-0.15, -0.1) is 11.3 Å². The minimum absolute atomic E-state index is 0.0396. The number of nitrogens with zero attached hydrogens (tertiary/aromatic N) is 5. The Hall–Kier alpha value is -2.39. The maximum absolute atomic E-state index is 13.7. The highest BCUT2D eigenvalue weighted by Gasteiger charge is 2.39. The van der Waals surface area contributed by atoms with E-state index in [4.69, 9.17) is 0 Å². The number of anilines is 1. The Morgan fingerprint density at radius 3 is 2.41 bits per heavy atom. The Morgan fingerprint density at radius 2 is 1.88 bits per heavy atom. The van der Waals surface area contributed by atoms with Crippen LogP contribution in [0.3, 0.4) is 0 Å². The monoisotopic (exact) mass is 540 g/mol. The fourth-order valence-electron chi connectivity index (χ4n) is 3.16. The van der Waals surface area contributed by atoms with Gasteiger partial charge in [-0.3, -0.25) is 4.18 Å². The molecule has 11 nitrogen and oxygen atoms in total. The molecule has 0 amide bonds. The van der Waals surface area contributed by atoms with Crippen molar-refractivity contribution in [3.05, 3.63) is 22.5 Å². The van der Waals surface area contributed by atoms with Crippen LogP contribution in [0, 0.1) is 11.3 Å². The summed E-state index contributed by atoms with van der Waals surface area (Å²) in [6, 6.07) is 1.51. The third kappa shape index (κ3) is 6.60. The third-order valence-electron chi connectivity index (χ3n) is 4.72. The lowest BCUT2D eigenvalue weighted by Crippen LogP contribution is -2.42. The van der Waals surface area contributed by atoms with E-state index in [2.05, 4.69) is 24.5 Å². The number of sulfonamides is 1. The number of alkyl halides is 3. The van der Waals surface area contributed by atoms with Crippen LogP contribution in [0.5, 0.6) is 0 Å². The van der Waals surface area contributed by atoms with Gasteiger partial charge in [0.1, 0.15) is 23.4 Å². The van der Waals surface area contributed by atoms with Crippen LogP contribution in [0.1, 0.15) is 29.1 Å². The highest BCUT2D eigenvalue weighted by molar-refractivity contribution is 7.88. The maximum Gasteiger partial charge on any atom is 0.434 e. The quantitative estimate of drug-likeness (QED) is 0.514. The van der Waals surface area contributed by atoms with Crippen molar-refractivity contribution in [3.63, 3.8) is 0 Å². The first kappa shape index (κ1) is 26.2. The Kier molecular flexibility index (Phi) is 7.48. The smallest absolute Gasteiger partial charge is 0.351 e. The van der Waals surface area contributed by atoms with Gasteiger partial charge in [-0.25, -0.2) is 27.7 Å². The van der Waals surface area contributed by atoms with Crippen molar-refractivity contribution in [2.75, 3.05) is 30.9 Å². The van der Waals surface area contributed by atoms with Crippen molar-refractivity contribution in [2.45, 2.75) is 31.7 Å². The van der Waals surface area contributed by atoms with E-state index in [1.54, 1.807) is 6.07 Å². The van der Waals surface area contributed by atoms with E-state index in [-0.39, 0.29) is 41.3 Å². The molecule has 0 saturated carbocycles. The lowest BCUT2D eigenvalue weighted by atomic mass is 10.1. The minimum Gasteiger partial charge on any atom is -0.351 e. The molecular weight excluding hydrogens is 521 g/mol. The van der Waals surface area contributed by atoms with Gasteiger partial charge in [0.25, 0.3) is 10.1 Å². The number of hydrogen-bond donors (Lipinski definition) is 1. The number of halogens is 3. The molecule has 17 heteroatoms. The first-order valence-corrected chi connectivity index (χ1v) is 14.1. The minimum atomic E-state index is -4.90. The second kappa shape index (κ2) is 9.70. The van der Waals surface area contributed by atoms with Crippen molar-refractivity contribution < 1.29 is 34.2 Å². The van der Waals surface area contributed by atoms with E-state index in [0.29, 0.717) is 24.2 Å². The van der Waals surface area contributed by atoms with Gasteiger partial charge in [-0.05, 0) is 12.8 Å². The molecule has 3 heterocycles. The molecule has 0 aromatic carbocycles. The first-order chi connectivity index (χ1) is 15.7. The molecular formula is C17H19F3N6O5S3. The van der Waals surface area contributed by atoms with Gasteiger partial charge in [0.05, 0.1) is 29.1 Å². The summed E-state index contributed by atoms with van der Waals surface area (Å²) in [4.78, 5) is 11.1. The molecule has 186 valence electrons. The van der Waals surface area contributed by atoms with E-state index >= 15 is 0 Å². The Balaban J connectivity index is 1.91. The van der Waals surface area contributed by atoms with E-state index in [1.165, 1.54) is 4.31 Å². The number of piperidine rings is 1. The molecule has 0 aliphatic carbocycles. The average molecular weight is 541 g/mol. The summed E-state index contributed by atoms with van der Waals surface area (Å²) >= 11 is 0.504. The molecule has 1 fully saturated rings. The molecule has 0 bridgehead atoms. The normalized spacial score (nSPS) is 16.4. The summed E-state index contributed by atoms with van der Waals surface area (Å²) in [6.07, 6.45) is -1.12. The van der Waals surface area contributed by atoms with Gasteiger partial charge in [0, 0.05) is 19.1 Å². The zero-order valence-electron chi connectivity index (χ0n) is 17.8. The van der Waals surface area contributed by atoms with Crippen molar-refractivity contribution >= 4 is 37.4 Å². The van der Waals surface area contributed by atoms with E-state index in [9.17, 15) is 35.3 Å². The largest absolute Gasteiger partial charge is 0.434 e. The fourth-order valence-corrected chi connectivity index (χ4v) is 5.43. The molecule has 0 atom stereocenters. The molecule has 2 aromatic rings. The molecule has 1 saturated heterocycles. The highest BCUT2D eigenvalue weighted by atomic mass is 32.2. The predicted molar refractivity (Wildman–Crippen MR) is 116 cm³/mol. The average Bonchev–Trinajstić information content (AvgIpc) is 3.16. The number of rotatable bonds is 7. The number of thiazole rings is 1. The van der Waals surface area contributed by atoms with Crippen LogP contribution in [0.15, 0.2) is 6.20 Å².